The Kier molecular flexibility index (Phi) is 4.42. The lowest BCUT2D eigenvalue weighted by Gasteiger charge is -2.67. The minimum Gasteiger partial charge on any atom is -0.504 e. The average molecular weight is 504 g/mol. The van der Waals surface area contributed by atoms with E-state index < -0.39 is 16.6 Å². The Morgan fingerprint density at radius 2 is 1.97 bits per heavy atom. The molecule has 5 atom stereocenters. The summed E-state index contributed by atoms with van der Waals surface area (Å²) >= 11 is 0. The smallest absolute Gasteiger partial charge is 0.223 e. The Balaban J connectivity index is 1.21. The number of hydrogen-bond acceptors (Lipinski definition) is 6. The summed E-state index contributed by atoms with van der Waals surface area (Å²) in [5.74, 6) is 1.59. The van der Waals surface area contributed by atoms with Crippen LogP contribution >= 0.6 is 0 Å². The van der Waals surface area contributed by atoms with Crippen LogP contribution in [0.5, 0.6) is 11.5 Å². The van der Waals surface area contributed by atoms with Crippen LogP contribution in [0.1, 0.15) is 81.8 Å². The van der Waals surface area contributed by atoms with Gasteiger partial charge in [-0.25, -0.2) is 0 Å². The maximum absolute atomic E-state index is 13.8. The van der Waals surface area contributed by atoms with E-state index in [2.05, 4.69) is 15.9 Å². The Bertz CT molecular complexity index is 1230. The Morgan fingerprint density at radius 3 is 2.73 bits per heavy atom. The van der Waals surface area contributed by atoms with Gasteiger partial charge in [-0.3, -0.25) is 9.69 Å². The summed E-state index contributed by atoms with van der Waals surface area (Å²) in [4.78, 5) is 18.4. The molecule has 7 aliphatic rings. The van der Waals surface area contributed by atoms with Gasteiger partial charge in [0.1, 0.15) is 6.10 Å². The van der Waals surface area contributed by atoms with Gasteiger partial charge < -0.3 is 19.8 Å². The Morgan fingerprint density at radius 1 is 1.14 bits per heavy atom. The van der Waals surface area contributed by atoms with Gasteiger partial charge in [-0.05, 0) is 94.7 Å². The van der Waals surface area contributed by atoms with Crippen LogP contribution < -0.4 is 4.74 Å². The summed E-state index contributed by atoms with van der Waals surface area (Å²) in [6.45, 7) is 2.69. The first-order valence-electron chi connectivity index (χ1n) is 14.6. The van der Waals surface area contributed by atoms with Crippen LogP contribution in [0, 0.1) is 22.7 Å². The molecular weight excluding hydrogens is 466 g/mol. The molecule has 1 amide bonds. The minimum atomic E-state index is -0.932. The molecule has 2 N–H and O–H groups in total. The number of nitrogens with zero attached hydrogens (tertiary/aromatic N) is 3. The molecule has 2 saturated heterocycles. The van der Waals surface area contributed by atoms with Gasteiger partial charge in [0.15, 0.2) is 11.5 Å². The number of aliphatic hydroxyl groups is 1. The molecule has 8 rings (SSSR count). The molecule has 0 radical (unpaired) electrons. The lowest BCUT2D eigenvalue weighted by Crippen LogP contribution is -2.80. The van der Waals surface area contributed by atoms with E-state index in [1.807, 2.05) is 6.07 Å². The number of carbonyl (C=O) groups excluding carboxylic acids is 1. The first-order valence-corrected chi connectivity index (χ1v) is 14.6. The number of likely N-dealkylation sites (tertiary alicyclic amines) is 2. The van der Waals surface area contributed by atoms with Crippen LogP contribution in [0.15, 0.2) is 12.1 Å². The van der Waals surface area contributed by atoms with E-state index in [1.165, 1.54) is 18.4 Å². The lowest BCUT2D eigenvalue weighted by molar-refractivity contribution is -0.217. The SMILES string of the molecule is N#CC1(CCC(=O)N2CCC[C@]23CC[C@@]2(O)[C@H]4Cc5ccc(O)c6c5[C@@]2(CCN4CC2CC2)[C@H]3O6)CC1. The molecule has 3 heterocycles. The molecule has 196 valence electrons. The van der Waals surface area contributed by atoms with Crippen molar-refractivity contribution in [2.24, 2.45) is 11.3 Å². The number of aromatic hydroxyl groups is 1. The summed E-state index contributed by atoms with van der Waals surface area (Å²) in [7, 11) is 0. The molecular formula is C30H37N3O4. The third-order valence-corrected chi connectivity index (χ3v) is 11.7. The van der Waals surface area contributed by atoms with E-state index in [1.54, 1.807) is 6.07 Å². The molecule has 2 bridgehead atoms. The van der Waals surface area contributed by atoms with Gasteiger partial charge in [0, 0.05) is 31.1 Å². The highest BCUT2D eigenvalue weighted by molar-refractivity contribution is 5.78. The summed E-state index contributed by atoms with van der Waals surface area (Å²) in [5.41, 5.74) is -0.0796. The second-order valence-corrected chi connectivity index (χ2v) is 13.4. The van der Waals surface area contributed by atoms with Gasteiger partial charge in [-0.2, -0.15) is 5.26 Å². The van der Waals surface area contributed by atoms with Gasteiger partial charge in [0.2, 0.25) is 5.91 Å². The predicted octanol–water partition coefficient (Wildman–Crippen LogP) is 3.40. The normalized spacial score (nSPS) is 40.3. The summed E-state index contributed by atoms with van der Waals surface area (Å²) in [6, 6.07) is 6.29. The summed E-state index contributed by atoms with van der Waals surface area (Å²) < 4.78 is 6.83. The van der Waals surface area contributed by atoms with Crippen molar-refractivity contribution >= 4 is 5.91 Å². The van der Waals surface area contributed by atoms with Crippen LogP contribution in [0.25, 0.3) is 0 Å². The van der Waals surface area contributed by atoms with Crippen molar-refractivity contribution in [1.29, 1.82) is 5.26 Å². The second-order valence-electron chi connectivity index (χ2n) is 13.4. The molecule has 4 aliphatic carbocycles. The zero-order valence-corrected chi connectivity index (χ0v) is 21.5. The number of carbonyl (C=O) groups is 1. The number of rotatable bonds is 5. The quantitative estimate of drug-likeness (QED) is 0.639. The van der Waals surface area contributed by atoms with E-state index in [0.717, 1.165) is 69.5 Å². The summed E-state index contributed by atoms with van der Waals surface area (Å²) in [5, 5.41) is 33.3. The fourth-order valence-electron chi connectivity index (χ4n) is 9.44. The van der Waals surface area contributed by atoms with E-state index in [0.29, 0.717) is 31.6 Å². The number of phenolic OH excluding ortho intramolecular Hbond substituents is 1. The highest BCUT2D eigenvalue weighted by Gasteiger charge is 2.77. The number of hydrogen-bond donors (Lipinski definition) is 2. The van der Waals surface area contributed by atoms with Gasteiger partial charge in [0.05, 0.1) is 28.0 Å². The predicted molar refractivity (Wildman–Crippen MR) is 135 cm³/mol. The summed E-state index contributed by atoms with van der Waals surface area (Å²) in [6.07, 6.45) is 9.82. The maximum atomic E-state index is 13.8. The zero-order valence-electron chi connectivity index (χ0n) is 21.5. The van der Waals surface area contributed by atoms with E-state index in [-0.39, 0.29) is 29.2 Å². The standard InChI is InChI=1S/C30H37N3O4/c31-18-27(9-10-27)8-6-23(35)33-14-1-7-28(33)11-12-30(36)22-16-20-4-5-21(34)25-24(20)29(30,26(28)37-25)13-15-32(22)17-19-2-3-19/h4-5,19,22,26,34,36H,1-3,6-17H2/t22-,26+,28-,29+,30-/m1/s1. The second kappa shape index (κ2) is 7.21. The third-order valence-electron chi connectivity index (χ3n) is 11.7. The highest BCUT2D eigenvalue weighted by Crippen LogP contribution is 2.69. The van der Waals surface area contributed by atoms with Crippen molar-refractivity contribution in [3.63, 3.8) is 0 Å². The molecule has 0 unspecified atom stereocenters. The van der Waals surface area contributed by atoms with Crippen molar-refractivity contribution in [3.8, 4) is 17.6 Å². The van der Waals surface area contributed by atoms with Crippen molar-refractivity contribution in [3.05, 3.63) is 23.3 Å². The topological polar surface area (TPSA) is 97.0 Å². The fraction of sp³-hybridized carbons (Fsp3) is 0.733. The van der Waals surface area contributed by atoms with Gasteiger partial charge in [-0.15, -0.1) is 0 Å². The van der Waals surface area contributed by atoms with Gasteiger partial charge >= 0.3 is 0 Å². The van der Waals surface area contributed by atoms with Crippen LogP contribution in [-0.2, 0) is 16.6 Å². The van der Waals surface area contributed by atoms with Crippen LogP contribution in [0.4, 0.5) is 0 Å². The van der Waals surface area contributed by atoms with Crippen LogP contribution in [0.2, 0.25) is 0 Å². The van der Waals surface area contributed by atoms with E-state index >= 15 is 0 Å². The van der Waals surface area contributed by atoms with Crippen molar-refractivity contribution in [2.75, 3.05) is 19.6 Å². The number of ether oxygens (including phenoxy) is 1. The average Bonchev–Trinajstić information content (AvgIpc) is 3.80. The Labute approximate surface area is 218 Å². The molecule has 2 spiro atoms. The number of nitriles is 1. The molecule has 1 aromatic rings. The number of piperidine rings is 1. The number of amides is 1. The minimum absolute atomic E-state index is 0.0456. The molecule has 3 aliphatic heterocycles. The molecule has 5 fully saturated rings. The van der Waals surface area contributed by atoms with Crippen molar-refractivity contribution in [2.45, 2.75) is 106 Å². The molecule has 37 heavy (non-hydrogen) atoms. The number of fused-ring (bicyclic) bond motifs is 1. The van der Waals surface area contributed by atoms with Gasteiger partial charge in [0.25, 0.3) is 0 Å². The van der Waals surface area contributed by atoms with E-state index in [9.17, 15) is 20.3 Å². The lowest BCUT2D eigenvalue weighted by atomic mass is 9.45. The third kappa shape index (κ3) is 2.76. The largest absolute Gasteiger partial charge is 0.504 e. The first kappa shape index (κ1) is 22.7. The zero-order chi connectivity index (χ0) is 25.2. The molecule has 7 nitrogen and oxygen atoms in total. The maximum Gasteiger partial charge on any atom is 0.223 e. The molecule has 1 aromatic carbocycles. The van der Waals surface area contributed by atoms with Crippen molar-refractivity contribution < 1.29 is 19.7 Å². The Hall–Kier alpha value is -2.30. The van der Waals surface area contributed by atoms with Crippen LogP contribution in [0.3, 0.4) is 0 Å². The highest BCUT2D eigenvalue weighted by atomic mass is 16.5. The molecule has 0 aromatic heterocycles. The fourth-order valence-corrected chi connectivity index (χ4v) is 9.44. The van der Waals surface area contributed by atoms with Crippen molar-refractivity contribution in [1.82, 2.24) is 9.80 Å². The van der Waals surface area contributed by atoms with Gasteiger partial charge in [-0.1, -0.05) is 6.07 Å². The monoisotopic (exact) mass is 503 g/mol. The van der Waals surface area contributed by atoms with E-state index in [4.69, 9.17) is 4.74 Å². The van der Waals surface area contributed by atoms with Crippen LogP contribution in [-0.4, -0.2) is 68.8 Å². The number of benzene rings is 1. The first-order chi connectivity index (χ1) is 17.9. The molecule has 3 saturated carbocycles. The molecule has 7 heteroatoms. The number of phenols is 1.